The second kappa shape index (κ2) is 8.10. The van der Waals surface area contributed by atoms with Gasteiger partial charge in [-0.05, 0) is 31.0 Å². The zero-order chi connectivity index (χ0) is 19.5. The van der Waals surface area contributed by atoms with Crippen LogP contribution in [0.2, 0.25) is 0 Å². The number of rotatable bonds is 3. The first-order valence-corrected chi connectivity index (χ1v) is 9.79. The lowest BCUT2D eigenvalue weighted by molar-refractivity contribution is 0.0657. The first-order valence-electron chi connectivity index (χ1n) is 9.79. The van der Waals surface area contributed by atoms with Gasteiger partial charge in [0.2, 0.25) is 0 Å². The number of piperazine rings is 1. The standard InChI is InChI=1S/C22H26N2O4/c1-3-27-22(25)24-12-10-23(11-13-24)19-14-16-8-9-17(26-2)15-21(16)28-20-7-5-4-6-18(19)20/h4-9,15,19H,3,10-14H2,1-2H3. The Kier molecular flexibility index (Phi) is 5.39. The number of fused-ring (bicyclic) bond motifs is 2. The molecule has 2 aromatic rings. The smallest absolute Gasteiger partial charge is 0.409 e. The summed E-state index contributed by atoms with van der Waals surface area (Å²) in [6, 6.07) is 14.4. The Morgan fingerprint density at radius 2 is 1.89 bits per heavy atom. The van der Waals surface area contributed by atoms with Crippen molar-refractivity contribution in [3.8, 4) is 17.2 Å². The third-order valence-electron chi connectivity index (χ3n) is 5.47. The van der Waals surface area contributed by atoms with Gasteiger partial charge in [-0.15, -0.1) is 0 Å². The number of hydrogen-bond acceptors (Lipinski definition) is 5. The van der Waals surface area contributed by atoms with Crippen LogP contribution in [0.25, 0.3) is 0 Å². The van der Waals surface area contributed by atoms with Crippen LogP contribution in [0.3, 0.4) is 0 Å². The topological polar surface area (TPSA) is 51.2 Å². The number of benzene rings is 2. The average Bonchev–Trinajstić information content (AvgIpc) is 2.90. The Balaban J connectivity index is 1.59. The molecule has 0 N–H and O–H groups in total. The minimum absolute atomic E-state index is 0.204. The number of para-hydroxylation sites is 1. The van der Waals surface area contributed by atoms with Gasteiger partial charge >= 0.3 is 6.09 Å². The highest BCUT2D eigenvalue weighted by Crippen LogP contribution is 2.42. The van der Waals surface area contributed by atoms with Gasteiger partial charge in [0.15, 0.2) is 0 Å². The van der Waals surface area contributed by atoms with E-state index in [2.05, 4.69) is 23.1 Å². The highest BCUT2D eigenvalue weighted by atomic mass is 16.6. The van der Waals surface area contributed by atoms with E-state index >= 15 is 0 Å². The molecule has 6 heteroatoms. The summed E-state index contributed by atoms with van der Waals surface area (Å²) in [6.07, 6.45) is 0.639. The summed E-state index contributed by atoms with van der Waals surface area (Å²) in [6.45, 7) is 5.21. The molecule has 2 heterocycles. The monoisotopic (exact) mass is 382 g/mol. The molecule has 1 atom stereocenters. The molecule has 0 spiro atoms. The summed E-state index contributed by atoms with van der Waals surface area (Å²) in [5.74, 6) is 2.52. The van der Waals surface area contributed by atoms with Gasteiger partial charge in [0.25, 0.3) is 0 Å². The highest BCUT2D eigenvalue weighted by molar-refractivity contribution is 5.67. The van der Waals surface area contributed by atoms with Crippen molar-refractivity contribution in [2.75, 3.05) is 39.9 Å². The largest absolute Gasteiger partial charge is 0.497 e. The Hall–Kier alpha value is -2.73. The maximum Gasteiger partial charge on any atom is 0.409 e. The van der Waals surface area contributed by atoms with Gasteiger partial charge in [-0.2, -0.15) is 0 Å². The van der Waals surface area contributed by atoms with Crippen LogP contribution in [0.5, 0.6) is 17.2 Å². The molecule has 4 rings (SSSR count). The molecule has 2 aliphatic rings. The third kappa shape index (κ3) is 3.64. The normalized spacial score (nSPS) is 19.1. The molecule has 0 saturated carbocycles. The summed E-state index contributed by atoms with van der Waals surface area (Å²) in [7, 11) is 1.66. The van der Waals surface area contributed by atoms with Crippen LogP contribution in [0, 0.1) is 0 Å². The average molecular weight is 382 g/mol. The SMILES string of the molecule is CCOC(=O)N1CCN(C2Cc3ccc(OC)cc3Oc3ccccc32)CC1. The Labute approximate surface area is 165 Å². The van der Waals surface area contributed by atoms with Gasteiger partial charge in [-0.3, -0.25) is 4.90 Å². The molecular weight excluding hydrogens is 356 g/mol. The highest BCUT2D eigenvalue weighted by Gasteiger charge is 2.31. The first kappa shape index (κ1) is 18.6. The maximum atomic E-state index is 12.0. The maximum absolute atomic E-state index is 12.0. The zero-order valence-corrected chi connectivity index (χ0v) is 16.4. The predicted octanol–water partition coefficient (Wildman–Crippen LogP) is 3.86. The fraction of sp³-hybridized carbons (Fsp3) is 0.409. The molecule has 1 amide bonds. The lowest BCUT2D eigenvalue weighted by atomic mass is 9.96. The number of ether oxygens (including phenoxy) is 3. The van der Waals surface area contributed by atoms with Crippen LogP contribution in [-0.2, 0) is 11.2 Å². The second-order valence-electron chi connectivity index (χ2n) is 7.06. The molecule has 1 unspecified atom stereocenters. The van der Waals surface area contributed by atoms with Gasteiger partial charge in [0, 0.05) is 43.9 Å². The van der Waals surface area contributed by atoms with E-state index in [9.17, 15) is 4.79 Å². The number of amides is 1. The van der Waals surface area contributed by atoms with E-state index in [1.165, 1.54) is 5.56 Å². The van der Waals surface area contributed by atoms with E-state index in [0.29, 0.717) is 19.7 Å². The fourth-order valence-electron chi connectivity index (χ4n) is 3.97. The lowest BCUT2D eigenvalue weighted by Crippen LogP contribution is -2.50. The summed E-state index contributed by atoms with van der Waals surface area (Å²) < 4.78 is 16.8. The molecule has 2 aliphatic heterocycles. The first-order chi connectivity index (χ1) is 13.7. The minimum Gasteiger partial charge on any atom is -0.497 e. The predicted molar refractivity (Wildman–Crippen MR) is 106 cm³/mol. The van der Waals surface area contributed by atoms with E-state index in [1.54, 1.807) is 12.0 Å². The van der Waals surface area contributed by atoms with Crippen LogP contribution in [0.1, 0.15) is 24.1 Å². The van der Waals surface area contributed by atoms with Crippen LogP contribution >= 0.6 is 0 Å². The van der Waals surface area contributed by atoms with Gasteiger partial charge in [-0.25, -0.2) is 4.79 Å². The number of methoxy groups -OCH3 is 1. The molecule has 0 aromatic heterocycles. The number of hydrogen-bond donors (Lipinski definition) is 0. The molecule has 28 heavy (non-hydrogen) atoms. The van der Waals surface area contributed by atoms with E-state index < -0.39 is 0 Å². The Bertz CT molecular complexity index is 846. The van der Waals surface area contributed by atoms with Crippen LogP contribution in [0.4, 0.5) is 4.79 Å². The minimum atomic E-state index is -0.218. The quantitative estimate of drug-likeness (QED) is 0.807. The summed E-state index contributed by atoms with van der Waals surface area (Å²) in [5.41, 5.74) is 2.34. The zero-order valence-electron chi connectivity index (χ0n) is 16.4. The van der Waals surface area contributed by atoms with Gasteiger partial charge in [0.05, 0.1) is 13.7 Å². The molecular formula is C22H26N2O4. The van der Waals surface area contributed by atoms with Crippen LogP contribution in [0.15, 0.2) is 42.5 Å². The number of carbonyl (C=O) groups is 1. The summed E-state index contributed by atoms with van der Waals surface area (Å²) in [4.78, 5) is 16.2. The van der Waals surface area contributed by atoms with Gasteiger partial charge in [-0.1, -0.05) is 24.3 Å². The van der Waals surface area contributed by atoms with E-state index in [-0.39, 0.29) is 12.1 Å². The second-order valence-corrected chi connectivity index (χ2v) is 7.06. The van der Waals surface area contributed by atoms with E-state index in [4.69, 9.17) is 14.2 Å². The van der Waals surface area contributed by atoms with Crippen LogP contribution in [-0.4, -0.2) is 55.8 Å². The number of carbonyl (C=O) groups excluding carboxylic acids is 1. The number of nitrogens with zero attached hydrogens (tertiary/aromatic N) is 2. The molecule has 148 valence electrons. The molecule has 1 fully saturated rings. The van der Waals surface area contributed by atoms with E-state index in [0.717, 1.165) is 42.3 Å². The van der Waals surface area contributed by atoms with Crippen molar-refractivity contribution in [2.24, 2.45) is 0 Å². The van der Waals surface area contributed by atoms with Crippen molar-refractivity contribution in [1.29, 1.82) is 0 Å². The van der Waals surface area contributed by atoms with E-state index in [1.807, 2.05) is 31.2 Å². The van der Waals surface area contributed by atoms with Gasteiger partial charge in [0.1, 0.15) is 17.2 Å². The van der Waals surface area contributed by atoms with Gasteiger partial charge < -0.3 is 19.1 Å². The molecule has 1 saturated heterocycles. The van der Waals surface area contributed by atoms with Crippen molar-refractivity contribution in [2.45, 2.75) is 19.4 Å². The van der Waals surface area contributed by atoms with Crippen LogP contribution < -0.4 is 9.47 Å². The molecule has 2 aromatic carbocycles. The lowest BCUT2D eigenvalue weighted by Gasteiger charge is -2.38. The van der Waals surface area contributed by atoms with Crippen molar-refractivity contribution in [1.82, 2.24) is 9.80 Å². The van der Waals surface area contributed by atoms with Crippen molar-refractivity contribution < 1.29 is 19.0 Å². The van der Waals surface area contributed by atoms with Crippen molar-refractivity contribution in [3.05, 3.63) is 53.6 Å². The van der Waals surface area contributed by atoms with Crippen molar-refractivity contribution in [3.63, 3.8) is 0 Å². The molecule has 0 aliphatic carbocycles. The molecule has 0 bridgehead atoms. The third-order valence-corrected chi connectivity index (χ3v) is 5.47. The summed E-state index contributed by atoms with van der Waals surface area (Å²) in [5, 5.41) is 0. The summed E-state index contributed by atoms with van der Waals surface area (Å²) >= 11 is 0. The molecule has 0 radical (unpaired) electrons. The Morgan fingerprint density at radius 1 is 1.11 bits per heavy atom. The fourth-order valence-corrected chi connectivity index (χ4v) is 3.97. The Morgan fingerprint density at radius 3 is 2.64 bits per heavy atom. The van der Waals surface area contributed by atoms with Crippen molar-refractivity contribution >= 4 is 6.09 Å². The molecule has 6 nitrogen and oxygen atoms in total.